The lowest BCUT2D eigenvalue weighted by molar-refractivity contribution is -0.171. The van der Waals surface area contributed by atoms with E-state index < -0.39 is 40.8 Å². The molecule has 230 valence electrons. The molecular weight excluding hydrogens is 623 g/mol. The van der Waals surface area contributed by atoms with Crippen LogP contribution in [-0.2, 0) is 24.0 Å². The molecule has 4 heterocycles. The number of carbonyl (C=O) groups is 4. The van der Waals surface area contributed by atoms with Gasteiger partial charge in [-0.1, -0.05) is 23.3 Å². The average Bonchev–Trinajstić information content (AvgIpc) is 3.41. The fraction of sp³-hybridized carbons (Fsp3) is 0.458. The molecule has 19 heteroatoms. The number of β-lactam (4-membered cyclic amide) rings is 1. The summed E-state index contributed by atoms with van der Waals surface area (Å²) < 4.78 is 0. The molecule has 0 bridgehead atoms. The smallest absolute Gasteiger partial charge is 0.352 e. The van der Waals surface area contributed by atoms with Gasteiger partial charge in [-0.15, -0.1) is 23.1 Å². The van der Waals surface area contributed by atoms with Crippen molar-refractivity contribution in [1.82, 2.24) is 20.2 Å². The molecule has 1 aliphatic carbocycles. The van der Waals surface area contributed by atoms with Gasteiger partial charge in [0.1, 0.15) is 28.6 Å². The predicted octanol–water partition coefficient (Wildman–Crippen LogP) is 0.0507. The third kappa shape index (κ3) is 6.15. The molecular formula is C24H29N9O7S3. The summed E-state index contributed by atoms with van der Waals surface area (Å²) in [6.07, 6.45) is 4.20. The SMILES string of the molecule is NC1=CCN(N)C(SCC2=C(C(=O)O)N3C(=O)C(NC(=O)/C(=N\OC4(C(=O)O)CCCCC4)c4csc(N)n4)[C@@H]3SC2)=N1. The van der Waals surface area contributed by atoms with Crippen molar-refractivity contribution in [2.75, 3.05) is 23.8 Å². The number of aromatic nitrogens is 1. The fourth-order valence-electron chi connectivity index (χ4n) is 4.96. The average molecular weight is 652 g/mol. The number of carboxylic acid groups (broad SMARTS) is 2. The first-order chi connectivity index (χ1) is 20.5. The Balaban J connectivity index is 1.33. The largest absolute Gasteiger partial charge is 0.478 e. The van der Waals surface area contributed by atoms with Crippen molar-refractivity contribution in [2.45, 2.75) is 49.1 Å². The summed E-state index contributed by atoms with van der Waals surface area (Å²) in [7, 11) is 0. The summed E-state index contributed by atoms with van der Waals surface area (Å²) in [4.78, 5) is 65.9. The lowest BCUT2D eigenvalue weighted by Crippen LogP contribution is -2.71. The number of hydrogen-bond donors (Lipinski definition) is 6. The number of thioether (sulfide) groups is 2. The molecule has 3 aliphatic heterocycles. The molecule has 0 radical (unpaired) electrons. The van der Waals surface area contributed by atoms with Gasteiger partial charge in [0.2, 0.25) is 5.60 Å². The van der Waals surface area contributed by atoms with Crippen molar-refractivity contribution in [3.8, 4) is 0 Å². The molecule has 43 heavy (non-hydrogen) atoms. The van der Waals surface area contributed by atoms with Crippen molar-refractivity contribution in [3.63, 3.8) is 0 Å². The maximum absolute atomic E-state index is 13.4. The minimum Gasteiger partial charge on any atom is -0.478 e. The number of amides is 2. The monoisotopic (exact) mass is 651 g/mol. The van der Waals surface area contributed by atoms with Crippen LogP contribution in [0.3, 0.4) is 0 Å². The van der Waals surface area contributed by atoms with Crippen molar-refractivity contribution in [1.29, 1.82) is 0 Å². The lowest BCUT2D eigenvalue weighted by atomic mass is 9.85. The molecule has 0 spiro atoms. The number of oxime groups is 1. The lowest BCUT2D eigenvalue weighted by Gasteiger charge is -2.49. The molecule has 4 aliphatic rings. The Morgan fingerprint density at radius 1 is 1.23 bits per heavy atom. The number of rotatable bonds is 9. The molecule has 2 atom stereocenters. The zero-order chi connectivity index (χ0) is 30.9. The molecule has 1 aromatic heterocycles. The van der Waals surface area contributed by atoms with Crippen molar-refractivity contribution in [2.24, 2.45) is 21.7 Å². The van der Waals surface area contributed by atoms with Gasteiger partial charge in [-0.05, 0) is 24.5 Å². The Morgan fingerprint density at radius 3 is 2.63 bits per heavy atom. The highest BCUT2D eigenvalue weighted by Gasteiger charge is 2.54. The molecule has 2 fully saturated rings. The van der Waals surface area contributed by atoms with E-state index in [0.29, 0.717) is 35.9 Å². The Labute approximate surface area is 257 Å². The number of aliphatic imine (C=N–C) groups is 1. The third-order valence-electron chi connectivity index (χ3n) is 7.22. The van der Waals surface area contributed by atoms with Crippen molar-refractivity contribution in [3.05, 3.63) is 34.2 Å². The molecule has 9 N–H and O–H groups in total. The van der Waals surface area contributed by atoms with E-state index in [0.717, 1.165) is 22.7 Å². The number of nitrogens with one attached hydrogen (secondary N) is 1. The highest BCUT2D eigenvalue weighted by atomic mass is 32.2. The van der Waals surface area contributed by atoms with Crippen LogP contribution in [0.15, 0.2) is 38.7 Å². The number of nitrogens with zero attached hydrogens (tertiary/aromatic N) is 5. The van der Waals surface area contributed by atoms with Crippen molar-refractivity contribution >= 4 is 74.6 Å². The molecule has 1 unspecified atom stereocenters. The highest BCUT2D eigenvalue weighted by molar-refractivity contribution is 8.14. The summed E-state index contributed by atoms with van der Waals surface area (Å²) in [5.74, 6) is 2.77. The molecule has 5 rings (SSSR count). The summed E-state index contributed by atoms with van der Waals surface area (Å²) in [6.45, 7) is 0.354. The number of thiazole rings is 1. The number of aliphatic carboxylic acids is 2. The van der Waals surface area contributed by atoms with Gasteiger partial charge in [-0.2, -0.15) is 0 Å². The van der Waals surface area contributed by atoms with Crippen LogP contribution in [0.1, 0.15) is 37.8 Å². The van der Waals surface area contributed by atoms with Gasteiger partial charge in [0, 0.05) is 29.7 Å². The second kappa shape index (κ2) is 12.4. The van der Waals surface area contributed by atoms with E-state index in [1.165, 1.54) is 33.9 Å². The van der Waals surface area contributed by atoms with Gasteiger partial charge in [0.15, 0.2) is 16.0 Å². The number of anilines is 1. The number of fused-ring (bicyclic) bond motifs is 1. The normalized spacial score (nSPS) is 23.6. The Bertz CT molecular complexity index is 1470. The van der Waals surface area contributed by atoms with Crippen molar-refractivity contribution < 1.29 is 34.2 Å². The third-order valence-corrected chi connectivity index (χ3v) is 10.3. The van der Waals surface area contributed by atoms with Crippen LogP contribution < -0.4 is 22.6 Å². The van der Waals surface area contributed by atoms with Gasteiger partial charge in [-0.3, -0.25) is 19.5 Å². The van der Waals surface area contributed by atoms with E-state index in [-0.39, 0.29) is 46.6 Å². The highest BCUT2D eigenvalue weighted by Crippen LogP contribution is 2.41. The van der Waals surface area contributed by atoms with Gasteiger partial charge in [-0.25, -0.2) is 25.4 Å². The van der Waals surface area contributed by atoms with E-state index in [9.17, 15) is 29.4 Å². The topological polar surface area (TPSA) is 252 Å². The Morgan fingerprint density at radius 2 is 1.98 bits per heavy atom. The maximum atomic E-state index is 13.4. The first-order valence-electron chi connectivity index (χ1n) is 13.1. The van der Waals surface area contributed by atoms with E-state index >= 15 is 0 Å². The van der Waals surface area contributed by atoms with Crippen LogP contribution in [-0.4, -0.2) is 94.8 Å². The van der Waals surface area contributed by atoms with Crippen LogP contribution in [0.25, 0.3) is 0 Å². The summed E-state index contributed by atoms with van der Waals surface area (Å²) in [5.41, 5.74) is 9.96. The molecule has 16 nitrogen and oxygen atoms in total. The minimum absolute atomic E-state index is 0.0526. The summed E-state index contributed by atoms with van der Waals surface area (Å²) >= 11 is 3.53. The van der Waals surface area contributed by atoms with E-state index in [1.807, 2.05) is 0 Å². The number of nitrogens with two attached hydrogens (primary N) is 3. The molecule has 0 aromatic carbocycles. The number of amidine groups is 1. The predicted molar refractivity (Wildman–Crippen MR) is 160 cm³/mol. The Kier molecular flexibility index (Phi) is 8.86. The van der Waals surface area contributed by atoms with Gasteiger partial charge in [0.05, 0.1) is 6.54 Å². The van der Waals surface area contributed by atoms with E-state index in [2.05, 4.69) is 20.4 Å². The number of hydrazine groups is 1. The molecule has 1 saturated carbocycles. The fourth-order valence-corrected chi connectivity index (χ4v) is 7.94. The van der Waals surface area contributed by atoms with Crippen LogP contribution in [0.2, 0.25) is 0 Å². The second-order valence-corrected chi connectivity index (χ2v) is 13.0. The number of hydrogen-bond acceptors (Lipinski definition) is 15. The van der Waals surface area contributed by atoms with Crippen LogP contribution in [0, 0.1) is 0 Å². The maximum Gasteiger partial charge on any atom is 0.352 e. The number of nitrogen functional groups attached to an aromatic ring is 1. The van der Waals surface area contributed by atoms with Crippen LogP contribution in [0.4, 0.5) is 5.13 Å². The molecule has 2 amide bonds. The van der Waals surface area contributed by atoms with Gasteiger partial charge >= 0.3 is 11.9 Å². The quantitative estimate of drug-likeness (QED) is 0.0893. The van der Waals surface area contributed by atoms with E-state index in [4.69, 9.17) is 22.1 Å². The summed E-state index contributed by atoms with van der Waals surface area (Å²) in [6, 6.07) is -1.07. The second-order valence-electron chi connectivity index (χ2n) is 10.0. The molecule has 1 aromatic rings. The van der Waals surface area contributed by atoms with Crippen LogP contribution >= 0.6 is 34.9 Å². The van der Waals surface area contributed by atoms with Gasteiger partial charge in [0.25, 0.3) is 11.8 Å². The number of carboxylic acids is 2. The first kappa shape index (κ1) is 30.6. The van der Waals surface area contributed by atoms with E-state index in [1.54, 1.807) is 6.08 Å². The molecule has 1 saturated heterocycles. The summed E-state index contributed by atoms with van der Waals surface area (Å²) in [5, 5.41) is 29.1. The Hall–Kier alpha value is -3.81. The zero-order valence-electron chi connectivity index (χ0n) is 22.6. The van der Waals surface area contributed by atoms with Gasteiger partial charge < -0.3 is 31.8 Å². The number of carbonyl (C=O) groups excluding carboxylic acids is 2. The standard InChI is InChI=1S/C24H29N9O7S3/c25-13-4-7-32(27)23(29-13)43-9-11-8-41-19-15(18(35)33(19)16(11)20(36)37)30-17(34)14(12-10-42-22(26)28-12)31-40-24(21(38)39)5-2-1-3-6-24/h4,10,15,19H,1-3,5-9,25,27H2,(H2,26,28)(H,30,34)(H,36,37)(H,38,39)/b31-14-/t15?,19-/m0/s1. The minimum atomic E-state index is -1.59. The zero-order valence-corrected chi connectivity index (χ0v) is 25.0. The first-order valence-corrected chi connectivity index (χ1v) is 16.0. The van der Waals surface area contributed by atoms with Crippen LogP contribution in [0.5, 0.6) is 0 Å².